The molecule has 1 N–H and O–H groups in total. The molecule has 0 aliphatic heterocycles. The third kappa shape index (κ3) is 2.92. The molecule has 0 spiro atoms. The van der Waals surface area contributed by atoms with Gasteiger partial charge in [0.25, 0.3) is 0 Å². The molecule has 0 aliphatic rings. The van der Waals surface area contributed by atoms with Crippen LogP contribution in [-0.2, 0) is 6.18 Å². The van der Waals surface area contributed by atoms with Crippen LogP contribution in [0.3, 0.4) is 0 Å². The largest absolute Gasteiger partial charge is 0.480 e. The molecule has 1 aromatic carbocycles. The van der Waals surface area contributed by atoms with Gasteiger partial charge >= 0.3 is 6.18 Å². The van der Waals surface area contributed by atoms with Crippen LogP contribution in [0.25, 0.3) is 11.3 Å². The number of nitrogens with zero attached hydrogens (tertiary/aromatic N) is 4. The summed E-state index contributed by atoms with van der Waals surface area (Å²) in [5.74, 6) is -3.35. The summed E-state index contributed by atoms with van der Waals surface area (Å²) in [6, 6.07) is 2.23. The molecule has 3 aromatic rings. The lowest BCUT2D eigenvalue weighted by Crippen LogP contribution is -2.20. The Balaban J connectivity index is 2.19. The van der Waals surface area contributed by atoms with E-state index in [1.165, 1.54) is 7.11 Å². The number of rotatable bonds is 3. The van der Waals surface area contributed by atoms with E-state index in [1.807, 2.05) is 0 Å². The van der Waals surface area contributed by atoms with E-state index in [2.05, 4.69) is 20.4 Å². The van der Waals surface area contributed by atoms with Gasteiger partial charge in [0, 0.05) is 6.07 Å². The number of fused-ring (bicyclic) bond motifs is 1. The fourth-order valence-electron chi connectivity index (χ4n) is 1.98. The van der Waals surface area contributed by atoms with Crippen LogP contribution < -0.4 is 10.2 Å². The lowest BCUT2D eigenvalue weighted by molar-refractivity contribution is -0.146. The minimum atomic E-state index is -4.85. The number of aromatic nitrogens is 4. The molecule has 6 nitrogen and oxygen atoms in total. The Morgan fingerprint density at radius 3 is 2.33 bits per heavy atom. The number of hydrogen-bond acceptors (Lipinski definition) is 5. The van der Waals surface area contributed by atoms with Crippen molar-refractivity contribution >= 4 is 17.0 Å². The first kappa shape index (κ1) is 15.9. The van der Waals surface area contributed by atoms with E-state index in [0.717, 1.165) is 18.3 Å². The summed E-state index contributed by atoms with van der Waals surface area (Å²) in [5.41, 5.74) is 1.34. The molecule has 0 saturated heterocycles. The van der Waals surface area contributed by atoms with Crippen LogP contribution in [0.4, 0.5) is 27.6 Å². The molecular formula is C13H8F5N5O. The number of methoxy groups -OCH3 is 1. The van der Waals surface area contributed by atoms with Crippen molar-refractivity contribution in [3.8, 4) is 5.88 Å². The Labute approximate surface area is 130 Å². The quantitative estimate of drug-likeness (QED) is 0.740. The van der Waals surface area contributed by atoms with E-state index in [-0.39, 0.29) is 22.9 Å². The van der Waals surface area contributed by atoms with Crippen molar-refractivity contribution in [3.05, 3.63) is 41.9 Å². The van der Waals surface area contributed by atoms with Crippen LogP contribution in [0.5, 0.6) is 5.88 Å². The highest BCUT2D eigenvalue weighted by Gasteiger charge is 2.39. The second-order valence-electron chi connectivity index (χ2n) is 4.60. The minimum absolute atomic E-state index is 0.0513. The van der Waals surface area contributed by atoms with Crippen LogP contribution in [0.1, 0.15) is 5.82 Å². The van der Waals surface area contributed by atoms with E-state index < -0.39 is 23.6 Å². The third-order valence-electron chi connectivity index (χ3n) is 2.91. The Kier molecular flexibility index (Phi) is 3.70. The number of nitrogens with one attached hydrogen (secondary N) is 1. The highest BCUT2D eigenvalue weighted by molar-refractivity contribution is 5.68. The van der Waals surface area contributed by atoms with Crippen LogP contribution in [0, 0.1) is 11.6 Å². The van der Waals surface area contributed by atoms with Gasteiger partial charge in [0.1, 0.15) is 11.6 Å². The summed E-state index contributed by atoms with van der Waals surface area (Å²) in [7, 11) is 1.26. The third-order valence-corrected chi connectivity index (χ3v) is 2.91. The average Bonchev–Trinajstić information content (AvgIpc) is 2.84. The molecule has 0 aliphatic carbocycles. The van der Waals surface area contributed by atoms with Gasteiger partial charge in [-0.25, -0.2) is 23.4 Å². The van der Waals surface area contributed by atoms with Crippen molar-refractivity contribution in [3.63, 3.8) is 0 Å². The van der Waals surface area contributed by atoms with E-state index in [1.54, 1.807) is 0 Å². The molecule has 126 valence electrons. The SMILES string of the molecule is COc1cnc2nc(C(F)(F)F)n(Nc3cc(F)cc(F)c3)c2n1. The van der Waals surface area contributed by atoms with Crippen molar-refractivity contribution in [1.82, 2.24) is 19.6 Å². The van der Waals surface area contributed by atoms with E-state index in [4.69, 9.17) is 4.74 Å². The van der Waals surface area contributed by atoms with Gasteiger partial charge in [-0.3, -0.25) is 5.43 Å². The molecule has 0 radical (unpaired) electrons. The number of ether oxygens (including phenoxy) is 1. The predicted molar refractivity (Wildman–Crippen MR) is 72.3 cm³/mol. The Bertz CT molecular complexity index is 887. The molecular weight excluding hydrogens is 337 g/mol. The zero-order chi connectivity index (χ0) is 17.5. The van der Waals surface area contributed by atoms with Crippen molar-refractivity contribution in [1.29, 1.82) is 0 Å². The highest BCUT2D eigenvalue weighted by atomic mass is 19.4. The van der Waals surface area contributed by atoms with E-state index in [9.17, 15) is 22.0 Å². The van der Waals surface area contributed by atoms with E-state index in [0.29, 0.717) is 10.7 Å². The molecule has 2 heterocycles. The maximum atomic E-state index is 13.2. The Morgan fingerprint density at radius 2 is 1.75 bits per heavy atom. The number of halogens is 5. The number of hydrogen-bond donors (Lipinski definition) is 1. The van der Waals surface area contributed by atoms with Crippen molar-refractivity contribution in [2.45, 2.75) is 6.18 Å². The van der Waals surface area contributed by atoms with Gasteiger partial charge < -0.3 is 4.74 Å². The first-order valence-electron chi connectivity index (χ1n) is 6.38. The average molecular weight is 345 g/mol. The standard InChI is InChI=1S/C13H8F5N5O/c1-24-9-5-19-10-11(20-9)23(12(21-10)13(16,17)18)22-8-3-6(14)2-7(15)4-8/h2-5,22H,1H3. The number of anilines is 1. The molecule has 0 unspecified atom stereocenters. The molecule has 0 atom stereocenters. The summed E-state index contributed by atoms with van der Waals surface area (Å²) in [6.07, 6.45) is -3.75. The first-order valence-corrected chi connectivity index (χ1v) is 6.38. The molecule has 2 aromatic heterocycles. The molecule has 0 amide bonds. The van der Waals surface area contributed by atoms with Crippen molar-refractivity contribution in [2.24, 2.45) is 0 Å². The summed E-state index contributed by atoms with van der Waals surface area (Å²) in [4.78, 5) is 10.9. The molecule has 11 heteroatoms. The molecule has 0 saturated carbocycles. The minimum Gasteiger partial charge on any atom is -0.480 e. The van der Waals surface area contributed by atoms with Crippen molar-refractivity contribution < 1.29 is 26.7 Å². The molecule has 24 heavy (non-hydrogen) atoms. The topological polar surface area (TPSA) is 64.9 Å². The zero-order valence-corrected chi connectivity index (χ0v) is 11.9. The van der Waals surface area contributed by atoms with E-state index >= 15 is 0 Å². The highest BCUT2D eigenvalue weighted by Crippen LogP contribution is 2.31. The predicted octanol–water partition coefficient (Wildman–Crippen LogP) is 3.01. The maximum Gasteiger partial charge on any atom is 0.451 e. The Morgan fingerprint density at radius 1 is 1.08 bits per heavy atom. The summed E-state index contributed by atoms with van der Waals surface area (Å²) in [5, 5.41) is 0. The van der Waals surface area contributed by atoms with Crippen LogP contribution in [0.2, 0.25) is 0 Å². The van der Waals surface area contributed by atoms with Gasteiger partial charge in [-0.2, -0.15) is 18.2 Å². The Hall–Kier alpha value is -2.98. The first-order chi connectivity index (χ1) is 11.3. The van der Waals surface area contributed by atoms with Gasteiger partial charge in [0.2, 0.25) is 17.4 Å². The smallest absolute Gasteiger partial charge is 0.451 e. The second kappa shape index (κ2) is 5.58. The number of benzene rings is 1. The normalized spacial score (nSPS) is 11.8. The number of imidazole rings is 1. The summed E-state index contributed by atoms with van der Waals surface area (Å²) in [6.45, 7) is 0. The van der Waals surface area contributed by atoms with Gasteiger partial charge in [0.05, 0.1) is 19.0 Å². The monoisotopic (exact) mass is 345 g/mol. The number of alkyl halides is 3. The van der Waals surface area contributed by atoms with Gasteiger partial charge in [-0.05, 0) is 12.1 Å². The van der Waals surface area contributed by atoms with Gasteiger partial charge in [0.15, 0.2) is 5.65 Å². The summed E-state index contributed by atoms with van der Waals surface area (Å²) >= 11 is 0. The summed E-state index contributed by atoms with van der Waals surface area (Å²) < 4.78 is 71.3. The maximum absolute atomic E-state index is 13.2. The molecule has 0 fully saturated rings. The second-order valence-corrected chi connectivity index (χ2v) is 4.60. The van der Waals surface area contributed by atoms with Crippen LogP contribution in [0.15, 0.2) is 24.4 Å². The lowest BCUT2D eigenvalue weighted by Gasteiger charge is -2.13. The van der Waals surface area contributed by atoms with Crippen LogP contribution >= 0.6 is 0 Å². The van der Waals surface area contributed by atoms with Crippen molar-refractivity contribution in [2.75, 3.05) is 12.5 Å². The fraction of sp³-hybridized carbons (Fsp3) is 0.154. The lowest BCUT2D eigenvalue weighted by atomic mass is 10.3. The van der Waals surface area contributed by atoms with Crippen LogP contribution in [-0.4, -0.2) is 26.7 Å². The van der Waals surface area contributed by atoms with Gasteiger partial charge in [-0.1, -0.05) is 0 Å². The zero-order valence-electron chi connectivity index (χ0n) is 11.9. The van der Waals surface area contributed by atoms with Gasteiger partial charge in [-0.15, -0.1) is 0 Å². The molecule has 0 bridgehead atoms. The molecule has 3 rings (SSSR count). The fourth-order valence-corrected chi connectivity index (χ4v) is 1.98.